The molecule has 1 aliphatic rings. The third-order valence-corrected chi connectivity index (χ3v) is 1.76. The predicted molar refractivity (Wildman–Crippen MR) is 43.5 cm³/mol. The lowest BCUT2D eigenvalue weighted by Crippen LogP contribution is -2.50. The van der Waals surface area contributed by atoms with Gasteiger partial charge in [0, 0.05) is 20.1 Å². The Balaban J connectivity index is 2.32. The number of carbonyl (C=O) groups excluding carboxylic acids is 2. The molecular formula is C7H13N3O2. The van der Waals surface area contributed by atoms with Crippen LogP contribution in [0.1, 0.15) is 0 Å². The molecule has 2 N–H and O–H groups in total. The van der Waals surface area contributed by atoms with Gasteiger partial charge in [-0.25, -0.2) is 0 Å². The summed E-state index contributed by atoms with van der Waals surface area (Å²) in [5.41, 5.74) is 0. The Morgan fingerprint density at radius 2 is 2.50 bits per heavy atom. The first-order valence-corrected chi connectivity index (χ1v) is 3.92. The summed E-state index contributed by atoms with van der Waals surface area (Å²) < 4.78 is 0. The average Bonchev–Trinajstić information content (AvgIpc) is 2.04. The van der Waals surface area contributed by atoms with Crippen LogP contribution in [-0.2, 0) is 9.59 Å². The summed E-state index contributed by atoms with van der Waals surface area (Å²) in [6, 6.07) is 0. The highest BCUT2D eigenvalue weighted by Gasteiger charge is 2.17. The van der Waals surface area contributed by atoms with E-state index in [9.17, 15) is 9.59 Å². The molecule has 1 fully saturated rings. The molecule has 0 aliphatic carbocycles. The molecule has 1 rings (SSSR count). The molecule has 0 saturated carbocycles. The van der Waals surface area contributed by atoms with Crippen molar-refractivity contribution in [2.45, 2.75) is 0 Å². The molecule has 0 aromatic rings. The molecule has 1 aliphatic heterocycles. The van der Waals surface area contributed by atoms with E-state index in [2.05, 4.69) is 10.6 Å². The van der Waals surface area contributed by atoms with Crippen LogP contribution in [0.4, 0.5) is 0 Å². The highest BCUT2D eigenvalue weighted by atomic mass is 16.2. The molecule has 12 heavy (non-hydrogen) atoms. The van der Waals surface area contributed by atoms with E-state index in [0.29, 0.717) is 19.6 Å². The lowest BCUT2D eigenvalue weighted by molar-refractivity contribution is -0.126. The number of piperazine rings is 1. The smallest absolute Gasteiger partial charge is 0.234 e. The third-order valence-electron chi connectivity index (χ3n) is 1.76. The standard InChI is InChI=1S/C7H13N3O2/c1-8-6(11)4-10-3-2-9-7(12)5-10/h2-5H2,1H3,(H,8,11)(H,9,12). The highest BCUT2D eigenvalue weighted by molar-refractivity contribution is 5.81. The zero-order chi connectivity index (χ0) is 8.97. The van der Waals surface area contributed by atoms with Crippen LogP contribution in [0.3, 0.4) is 0 Å². The molecule has 0 radical (unpaired) electrons. The quantitative estimate of drug-likeness (QED) is 0.513. The van der Waals surface area contributed by atoms with Crippen LogP contribution in [-0.4, -0.2) is 49.9 Å². The summed E-state index contributed by atoms with van der Waals surface area (Å²) >= 11 is 0. The predicted octanol–water partition coefficient (Wildman–Crippen LogP) is -1.84. The van der Waals surface area contributed by atoms with Crippen LogP contribution in [0, 0.1) is 0 Å². The normalized spacial score (nSPS) is 18.6. The van der Waals surface area contributed by atoms with E-state index >= 15 is 0 Å². The fraction of sp³-hybridized carbons (Fsp3) is 0.714. The SMILES string of the molecule is CNC(=O)CN1CCNC(=O)C1. The molecule has 5 nitrogen and oxygen atoms in total. The van der Waals surface area contributed by atoms with E-state index in [-0.39, 0.29) is 11.8 Å². The van der Waals surface area contributed by atoms with Crippen LogP contribution in [0.2, 0.25) is 0 Å². The van der Waals surface area contributed by atoms with E-state index in [1.807, 2.05) is 4.90 Å². The second-order valence-electron chi connectivity index (χ2n) is 2.73. The number of hydrogen-bond donors (Lipinski definition) is 2. The second kappa shape index (κ2) is 4.06. The molecule has 2 amide bonds. The number of carbonyl (C=O) groups is 2. The van der Waals surface area contributed by atoms with Crippen molar-refractivity contribution < 1.29 is 9.59 Å². The van der Waals surface area contributed by atoms with Crippen molar-refractivity contribution in [1.82, 2.24) is 15.5 Å². The lowest BCUT2D eigenvalue weighted by Gasteiger charge is -2.25. The zero-order valence-electron chi connectivity index (χ0n) is 7.09. The van der Waals surface area contributed by atoms with Gasteiger partial charge in [-0.15, -0.1) is 0 Å². The van der Waals surface area contributed by atoms with Crippen LogP contribution in [0.25, 0.3) is 0 Å². The van der Waals surface area contributed by atoms with Gasteiger partial charge in [-0.3, -0.25) is 14.5 Å². The minimum absolute atomic E-state index is 0.00912. The number of likely N-dealkylation sites (N-methyl/N-ethyl adjacent to an activating group) is 1. The van der Waals surface area contributed by atoms with Gasteiger partial charge >= 0.3 is 0 Å². The van der Waals surface area contributed by atoms with Gasteiger partial charge in [0.15, 0.2) is 0 Å². The van der Waals surface area contributed by atoms with Gasteiger partial charge in [-0.2, -0.15) is 0 Å². The fourth-order valence-electron chi connectivity index (χ4n) is 1.11. The van der Waals surface area contributed by atoms with E-state index in [4.69, 9.17) is 0 Å². The molecule has 0 atom stereocenters. The first-order chi connectivity index (χ1) is 5.72. The molecule has 0 aromatic heterocycles. The molecule has 68 valence electrons. The fourth-order valence-corrected chi connectivity index (χ4v) is 1.11. The van der Waals surface area contributed by atoms with Crippen molar-refractivity contribution in [3.05, 3.63) is 0 Å². The summed E-state index contributed by atoms with van der Waals surface area (Å²) in [5.74, 6) is -0.0603. The topological polar surface area (TPSA) is 61.4 Å². The van der Waals surface area contributed by atoms with E-state index < -0.39 is 0 Å². The van der Waals surface area contributed by atoms with Crippen molar-refractivity contribution in [2.75, 3.05) is 33.2 Å². The second-order valence-corrected chi connectivity index (χ2v) is 2.73. The minimum atomic E-state index is -0.0512. The number of nitrogens with zero attached hydrogens (tertiary/aromatic N) is 1. The van der Waals surface area contributed by atoms with Crippen LogP contribution in [0.15, 0.2) is 0 Å². The summed E-state index contributed by atoms with van der Waals surface area (Å²) in [4.78, 5) is 23.6. The van der Waals surface area contributed by atoms with E-state index in [0.717, 1.165) is 6.54 Å². The largest absolute Gasteiger partial charge is 0.358 e. The monoisotopic (exact) mass is 171 g/mol. The third kappa shape index (κ3) is 2.50. The number of rotatable bonds is 2. The molecular weight excluding hydrogens is 158 g/mol. The van der Waals surface area contributed by atoms with E-state index in [1.165, 1.54) is 0 Å². The van der Waals surface area contributed by atoms with Crippen molar-refractivity contribution in [3.63, 3.8) is 0 Å². The van der Waals surface area contributed by atoms with Crippen molar-refractivity contribution in [3.8, 4) is 0 Å². The molecule has 0 unspecified atom stereocenters. The van der Waals surface area contributed by atoms with Gasteiger partial charge in [0.2, 0.25) is 11.8 Å². The van der Waals surface area contributed by atoms with Crippen LogP contribution in [0.5, 0.6) is 0 Å². The van der Waals surface area contributed by atoms with Gasteiger partial charge in [0.25, 0.3) is 0 Å². The van der Waals surface area contributed by atoms with Crippen LogP contribution >= 0.6 is 0 Å². The van der Waals surface area contributed by atoms with Gasteiger partial charge < -0.3 is 10.6 Å². The Morgan fingerprint density at radius 3 is 3.08 bits per heavy atom. The lowest BCUT2D eigenvalue weighted by atomic mass is 10.3. The minimum Gasteiger partial charge on any atom is -0.358 e. The molecule has 0 aromatic carbocycles. The number of amides is 2. The van der Waals surface area contributed by atoms with Crippen LogP contribution < -0.4 is 10.6 Å². The Kier molecular flexibility index (Phi) is 3.04. The summed E-state index contributed by atoms with van der Waals surface area (Å²) in [6.07, 6.45) is 0. The maximum atomic E-state index is 10.9. The van der Waals surface area contributed by atoms with Gasteiger partial charge in [0.05, 0.1) is 13.1 Å². The number of nitrogens with one attached hydrogen (secondary N) is 2. The van der Waals surface area contributed by atoms with Crippen molar-refractivity contribution in [2.24, 2.45) is 0 Å². The average molecular weight is 171 g/mol. The van der Waals surface area contributed by atoms with E-state index in [1.54, 1.807) is 7.05 Å². The van der Waals surface area contributed by atoms with Crippen molar-refractivity contribution >= 4 is 11.8 Å². The Hall–Kier alpha value is -1.10. The number of hydrogen-bond acceptors (Lipinski definition) is 3. The summed E-state index contributed by atoms with van der Waals surface area (Å²) in [6.45, 7) is 2.02. The molecule has 0 bridgehead atoms. The zero-order valence-corrected chi connectivity index (χ0v) is 7.09. The molecule has 1 heterocycles. The summed E-state index contributed by atoms with van der Waals surface area (Å²) in [5, 5.41) is 5.21. The Labute approximate surface area is 71.1 Å². The summed E-state index contributed by atoms with van der Waals surface area (Å²) in [7, 11) is 1.59. The Bertz CT molecular complexity index is 193. The van der Waals surface area contributed by atoms with Gasteiger partial charge in [-0.1, -0.05) is 0 Å². The molecule has 0 spiro atoms. The maximum Gasteiger partial charge on any atom is 0.234 e. The highest BCUT2D eigenvalue weighted by Crippen LogP contribution is 1.91. The Morgan fingerprint density at radius 1 is 1.75 bits per heavy atom. The van der Waals surface area contributed by atoms with Gasteiger partial charge in [0.1, 0.15) is 0 Å². The maximum absolute atomic E-state index is 10.9. The van der Waals surface area contributed by atoms with Gasteiger partial charge in [-0.05, 0) is 0 Å². The molecule has 5 heteroatoms. The van der Waals surface area contributed by atoms with Crippen molar-refractivity contribution in [1.29, 1.82) is 0 Å². The first-order valence-electron chi connectivity index (χ1n) is 3.92. The molecule has 1 saturated heterocycles. The first kappa shape index (κ1) is 8.99.